The monoisotopic (exact) mass is 438 g/mol. The van der Waals surface area contributed by atoms with Crippen LogP contribution in [0.5, 0.6) is 0 Å². The quantitative estimate of drug-likeness (QED) is 0.567. The molecule has 7 nitrogen and oxygen atoms in total. The van der Waals surface area contributed by atoms with E-state index < -0.39 is 29.5 Å². The number of rotatable bonds is 5. The van der Waals surface area contributed by atoms with E-state index in [1.807, 2.05) is 0 Å². The van der Waals surface area contributed by atoms with Crippen molar-refractivity contribution >= 4 is 34.6 Å². The molecule has 1 atom stereocenters. The fourth-order valence-corrected chi connectivity index (χ4v) is 3.94. The zero-order valence-electron chi connectivity index (χ0n) is 16.8. The van der Waals surface area contributed by atoms with E-state index in [4.69, 9.17) is 11.5 Å². The van der Waals surface area contributed by atoms with Gasteiger partial charge in [-0.3, -0.25) is 9.59 Å². The van der Waals surface area contributed by atoms with Crippen LogP contribution in [0.25, 0.3) is 0 Å². The second kappa shape index (κ2) is 8.27. The molecule has 0 aromatic heterocycles. The van der Waals surface area contributed by atoms with Gasteiger partial charge in [0.1, 0.15) is 11.6 Å². The number of aliphatic hydroxyl groups is 1. The lowest BCUT2D eigenvalue weighted by Gasteiger charge is -2.44. The van der Waals surface area contributed by atoms with Crippen LogP contribution in [0.1, 0.15) is 20.7 Å². The molecule has 5 N–H and O–H groups in total. The van der Waals surface area contributed by atoms with E-state index in [0.29, 0.717) is 22.7 Å². The molecule has 1 aliphatic heterocycles. The summed E-state index contributed by atoms with van der Waals surface area (Å²) in [6, 6.07) is 13.7. The topological polar surface area (TPSA) is 113 Å². The molecule has 0 saturated carbocycles. The number of hydrogen-bond donors (Lipinski definition) is 3. The van der Waals surface area contributed by atoms with Gasteiger partial charge in [-0.15, -0.1) is 0 Å². The van der Waals surface area contributed by atoms with Crippen molar-refractivity contribution in [1.82, 2.24) is 0 Å². The summed E-state index contributed by atoms with van der Waals surface area (Å²) in [6.07, 6.45) is 0. The molecule has 0 saturated heterocycles. The molecular formula is C23H20F2N4O3. The van der Waals surface area contributed by atoms with E-state index in [2.05, 4.69) is 0 Å². The van der Waals surface area contributed by atoms with Gasteiger partial charge in [-0.05, 0) is 60.7 Å². The average Bonchev–Trinajstić information content (AvgIpc) is 2.78. The standard InChI is InChI=1S/C23H20F2N4O3/c24-13-1-5-15(6-2-13)28-11-17(12-30)29(16-7-3-14(25)4-8-16)21-10-19(23(27)32)18(22(26)31)9-20(21)28/h1-10,17,30H,11-12H2,(H2,26,31)(H2,27,32). The van der Waals surface area contributed by atoms with Crippen molar-refractivity contribution < 1.29 is 23.5 Å². The summed E-state index contributed by atoms with van der Waals surface area (Å²) < 4.78 is 27.0. The number of halogens is 2. The second-order valence-corrected chi connectivity index (χ2v) is 7.38. The minimum atomic E-state index is -0.847. The molecule has 32 heavy (non-hydrogen) atoms. The van der Waals surface area contributed by atoms with E-state index >= 15 is 0 Å². The van der Waals surface area contributed by atoms with Gasteiger partial charge in [0, 0.05) is 17.9 Å². The Hall–Kier alpha value is -3.98. The summed E-state index contributed by atoms with van der Waals surface area (Å²) in [5.74, 6) is -2.53. The summed E-state index contributed by atoms with van der Waals surface area (Å²) in [4.78, 5) is 27.7. The van der Waals surface area contributed by atoms with Gasteiger partial charge in [-0.25, -0.2) is 8.78 Å². The summed E-state index contributed by atoms with van der Waals surface area (Å²) >= 11 is 0. The highest BCUT2D eigenvalue weighted by molar-refractivity contribution is 6.09. The van der Waals surface area contributed by atoms with Crippen molar-refractivity contribution in [3.8, 4) is 0 Å². The molecule has 1 heterocycles. The van der Waals surface area contributed by atoms with E-state index in [9.17, 15) is 23.5 Å². The number of aliphatic hydroxyl groups excluding tert-OH is 1. The van der Waals surface area contributed by atoms with Gasteiger partial charge in [-0.1, -0.05) is 0 Å². The maximum atomic E-state index is 13.5. The fourth-order valence-electron chi connectivity index (χ4n) is 3.94. The van der Waals surface area contributed by atoms with Crippen LogP contribution in [-0.4, -0.2) is 36.1 Å². The molecule has 3 aromatic carbocycles. The SMILES string of the molecule is NC(=O)c1cc2c(cc1C(N)=O)N(c1ccc(F)cc1)C(CO)CN2c1ccc(F)cc1. The Balaban J connectivity index is 1.99. The van der Waals surface area contributed by atoms with Gasteiger partial charge in [0.15, 0.2) is 0 Å². The normalized spacial score (nSPS) is 15.4. The van der Waals surface area contributed by atoms with Gasteiger partial charge in [0.2, 0.25) is 11.8 Å². The molecule has 164 valence electrons. The predicted octanol–water partition coefficient (Wildman–Crippen LogP) is 2.81. The highest BCUT2D eigenvalue weighted by atomic mass is 19.1. The third-order valence-corrected chi connectivity index (χ3v) is 5.41. The number of carbonyl (C=O) groups excluding carboxylic acids is 2. The number of amides is 2. The summed E-state index contributed by atoms with van der Waals surface area (Å²) in [5.41, 5.74) is 13.0. The molecule has 4 rings (SSSR count). The van der Waals surface area contributed by atoms with Crippen LogP contribution in [0.4, 0.5) is 31.5 Å². The van der Waals surface area contributed by atoms with Crippen molar-refractivity contribution in [3.63, 3.8) is 0 Å². The second-order valence-electron chi connectivity index (χ2n) is 7.38. The summed E-state index contributed by atoms with van der Waals surface area (Å²) in [6.45, 7) is -0.0292. The maximum Gasteiger partial charge on any atom is 0.249 e. The minimum Gasteiger partial charge on any atom is -0.394 e. The van der Waals surface area contributed by atoms with Crippen LogP contribution < -0.4 is 21.3 Å². The number of nitrogens with two attached hydrogens (primary N) is 2. The number of fused-ring (bicyclic) bond motifs is 1. The molecule has 0 spiro atoms. The third-order valence-electron chi connectivity index (χ3n) is 5.41. The number of benzene rings is 3. The van der Waals surface area contributed by atoms with Crippen molar-refractivity contribution in [2.75, 3.05) is 23.0 Å². The largest absolute Gasteiger partial charge is 0.394 e. The van der Waals surface area contributed by atoms with Gasteiger partial charge < -0.3 is 26.4 Å². The zero-order valence-corrected chi connectivity index (χ0v) is 16.8. The molecule has 9 heteroatoms. The summed E-state index contributed by atoms with van der Waals surface area (Å²) in [5, 5.41) is 10.2. The van der Waals surface area contributed by atoms with E-state index in [1.54, 1.807) is 34.1 Å². The Morgan fingerprint density at radius 1 is 0.844 bits per heavy atom. The molecular weight excluding hydrogens is 418 g/mol. The van der Waals surface area contributed by atoms with Crippen molar-refractivity contribution in [3.05, 3.63) is 83.4 Å². The van der Waals surface area contributed by atoms with Crippen LogP contribution in [0.3, 0.4) is 0 Å². The summed E-state index contributed by atoms with van der Waals surface area (Å²) in [7, 11) is 0. The molecule has 1 unspecified atom stereocenters. The highest BCUT2D eigenvalue weighted by Crippen LogP contribution is 2.44. The van der Waals surface area contributed by atoms with Crippen LogP contribution in [0, 0.1) is 11.6 Å². The number of hydrogen-bond acceptors (Lipinski definition) is 5. The first-order valence-corrected chi connectivity index (χ1v) is 9.76. The van der Waals surface area contributed by atoms with Gasteiger partial charge >= 0.3 is 0 Å². The third kappa shape index (κ3) is 3.74. The van der Waals surface area contributed by atoms with Crippen molar-refractivity contribution in [2.45, 2.75) is 6.04 Å². The Bertz CT molecular complexity index is 1180. The first-order valence-electron chi connectivity index (χ1n) is 9.76. The first kappa shape index (κ1) is 21.3. The number of primary amides is 2. The van der Waals surface area contributed by atoms with Crippen molar-refractivity contribution in [1.29, 1.82) is 0 Å². The van der Waals surface area contributed by atoms with E-state index in [-0.39, 0.29) is 24.3 Å². The van der Waals surface area contributed by atoms with Gasteiger partial charge in [-0.2, -0.15) is 0 Å². The Morgan fingerprint density at radius 3 is 1.78 bits per heavy atom. The minimum absolute atomic E-state index is 0.0649. The van der Waals surface area contributed by atoms with Crippen LogP contribution >= 0.6 is 0 Å². The molecule has 2 amide bonds. The van der Waals surface area contributed by atoms with Crippen LogP contribution in [0.15, 0.2) is 60.7 Å². The number of nitrogens with zero attached hydrogens (tertiary/aromatic N) is 2. The molecule has 1 aliphatic rings. The van der Waals surface area contributed by atoms with E-state index in [0.717, 1.165) is 0 Å². The highest BCUT2D eigenvalue weighted by Gasteiger charge is 2.34. The average molecular weight is 438 g/mol. The fraction of sp³-hybridized carbons (Fsp3) is 0.130. The van der Waals surface area contributed by atoms with Crippen LogP contribution in [0.2, 0.25) is 0 Å². The van der Waals surface area contributed by atoms with E-state index in [1.165, 1.54) is 36.4 Å². The van der Waals surface area contributed by atoms with Gasteiger partial charge in [0.25, 0.3) is 0 Å². The Labute approximate surface area is 182 Å². The lowest BCUT2D eigenvalue weighted by atomic mass is 9.97. The first-order chi connectivity index (χ1) is 15.3. The predicted molar refractivity (Wildman–Crippen MR) is 116 cm³/mol. The molecule has 0 fully saturated rings. The number of carbonyl (C=O) groups is 2. The zero-order chi connectivity index (χ0) is 23.0. The maximum absolute atomic E-state index is 13.5. The molecule has 0 aliphatic carbocycles. The molecule has 0 bridgehead atoms. The Morgan fingerprint density at radius 2 is 1.31 bits per heavy atom. The molecule has 0 radical (unpaired) electrons. The number of anilines is 4. The smallest absolute Gasteiger partial charge is 0.249 e. The van der Waals surface area contributed by atoms with Crippen molar-refractivity contribution in [2.24, 2.45) is 11.5 Å². The lowest BCUT2D eigenvalue weighted by Crippen LogP contribution is -2.47. The lowest BCUT2D eigenvalue weighted by molar-refractivity contribution is 0.0967. The Kier molecular flexibility index (Phi) is 5.50. The van der Waals surface area contributed by atoms with Crippen LogP contribution in [-0.2, 0) is 0 Å². The van der Waals surface area contributed by atoms with Gasteiger partial charge in [0.05, 0.1) is 35.2 Å². The molecule has 3 aromatic rings.